The van der Waals surface area contributed by atoms with Gasteiger partial charge in [0, 0.05) is 16.1 Å². The van der Waals surface area contributed by atoms with Gasteiger partial charge in [-0.3, -0.25) is 19.4 Å². The highest BCUT2D eigenvalue weighted by molar-refractivity contribution is 6.32. The number of nitrogens with zero attached hydrogens (tertiary/aromatic N) is 2. The largest absolute Gasteiger partial charge is 0.496 e. The zero-order valence-corrected chi connectivity index (χ0v) is 20.7. The second-order valence-corrected chi connectivity index (χ2v) is 9.13. The fraction of sp³-hybridized carbons (Fsp3) is 0.222. The molecule has 3 atom stereocenters. The number of nitrogens with one attached hydrogen (secondary N) is 1. The van der Waals surface area contributed by atoms with Gasteiger partial charge in [-0.1, -0.05) is 47.5 Å². The molecule has 184 valence electrons. The van der Waals surface area contributed by atoms with Gasteiger partial charge >= 0.3 is 0 Å². The third kappa shape index (κ3) is 3.79. The van der Waals surface area contributed by atoms with Crippen molar-refractivity contribution >= 4 is 35.0 Å². The predicted octanol–water partition coefficient (Wildman–Crippen LogP) is 3.93. The number of benzene rings is 3. The van der Waals surface area contributed by atoms with Crippen LogP contribution in [0.25, 0.3) is 0 Å². The number of ether oxygens (including phenoxy) is 2. The van der Waals surface area contributed by atoms with E-state index in [-0.39, 0.29) is 5.69 Å². The number of aryl methyl sites for hydroxylation is 1. The molecule has 8 nitrogen and oxygen atoms in total. The number of imide groups is 1. The number of amides is 3. The monoisotopic (exact) mass is 505 g/mol. The van der Waals surface area contributed by atoms with Crippen molar-refractivity contribution in [1.82, 2.24) is 10.4 Å². The Hall–Kier alpha value is -3.88. The summed E-state index contributed by atoms with van der Waals surface area (Å²) in [6, 6.07) is 17.2. The third-order valence-corrected chi connectivity index (χ3v) is 6.84. The van der Waals surface area contributed by atoms with Crippen LogP contribution in [0.15, 0.2) is 66.7 Å². The van der Waals surface area contributed by atoms with Gasteiger partial charge in [0.25, 0.3) is 11.8 Å². The predicted molar refractivity (Wildman–Crippen MR) is 134 cm³/mol. The standard InChI is InChI=1S/C27H24ClN3O5/c1-15-8-10-16(11-9-15)25(32)31-24-22(23(29-31)18-6-4-5-7-20(18)35-2)26(33)30(27(24)34)19-14-17(28)12-13-21(19)36-3/h4-14,22-24,29H,1-3H3/t22-,23+,24+/m1/s1. The van der Waals surface area contributed by atoms with E-state index in [1.807, 2.05) is 37.3 Å². The summed E-state index contributed by atoms with van der Waals surface area (Å²) in [5, 5.41) is 1.61. The molecule has 0 spiro atoms. The maximum atomic E-state index is 13.9. The summed E-state index contributed by atoms with van der Waals surface area (Å²) >= 11 is 6.21. The van der Waals surface area contributed by atoms with Crippen molar-refractivity contribution in [2.45, 2.75) is 19.0 Å². The molecule has 2 saturated heterocycles. The van der Waals surface area contributed by atoms with Crippen LogP contribution in [0.4, 0.5) is 5.69 Å². The van der Waals surface area contributed by atoms with Crippen molar-refractivity contribution in [3.05, 3.63) is 88.4 Å². The number of halogens is 1. The van der Waals surface area contributed by atoms with E-state index in [2.05, 4.69) is 5.43 Å². The third-order valence-electron chi connectivity index (χ3n) is 6.61. The van der Waals surface area contributed by atoms with Crippen LogP contribution in [-0.4, -0.2) is 43.0 Å². The molecule has 0 radical (unpaired) electrons. The minimum Gasteiger partial charge on any atom is -0.496 e. The normalized spacial score (nSPS) is 21.1. The first-order valence-corrected chi connectivity index (χ1v) is 11.7. The Kier molecular flexibility index (Phi) is 6.15. The molecule has 0 unspecified atom stereocenters. The number of hydrogen-bond donors (Lipinski definition) is 1. The quantitative estimate of drug-likeness (QED) is 0.529. The molecule has 3 aromatic carbocycles. The van der Waals surface area contributed by atoms with Gasteiger partial charge in [-0.25, -0.2) is 10.3 Å². The van der Waals surface area contributed by atoms with Gasteiger partial charge in [0.15, 0.2) is 0 Å². The van der Waals surface area contributed by atoms with Crippen LogP contribution in [0.1, 0.15) is 27.5 Å². The lowest BCUT2D eigenvalue weighted by Crippen LogP contribution is -2.48. The molecule has 0 bridgehead atoms. The number of fused-ring (bicyclic) bond motifs is 1. The van der Waals surface area contributed by atoms with E-state index < -0.39 is 35.7 Å². The van der Waals surface area contributed by atoms with Crippen LogP contribution in [0.3, 0.4) is 0 Å². The summed E-state index contributed by atoms with van der Waals surface area (Å²) in [6.07, 6.45) is 0. The van der Waals surface area contributed by atoms with E-state index >= 15 is 0 Å². The summed E-state index contributed by atoms with van der Waals surface area (Å²) in [6.45, 7) is 1.92. The summed E-state index contributed by atoms with van der Waals surface area (Å²) in [5.41, 5.74) is 5.43. The first-order valence-electron chi connectivity index (χ1n) is 11.4. The zero-order chi connectivity index (χ0) is 25.6. The van der Waals surface area contributed by atoms with Gasteiger partial charge in [0.1, 0.15) is 17.5 Å². The number of carbonyl (C=O) groups excluding carboxylic acids is 3. The fourth-order valence-electron chi connectivity index (χ4n) is 4.87. The molecule has 9 heteroatoms. The number of para-hydroxylation sites is 1. The highest BCUT2D eigenvalue weighted by Crippen LogP contribution is 2.46. The van der Waals surface area contributed by atoms with Gasteiger partial charge in [0.2, 0.25) is 5.91 Å². The van der Waals surface area contributed by atoms with Crippen molar-refractivity contribution in [3.63, 3.8) is 0 Å². The van der Waals surface area contributed by atoms with E-state index in [1.54, 1.807) is 30.3 Å². The Balaban J connectivity index is 1.63. The lowest BCUT2D eigenvalue weighted by molar-refractivity contribution is -0.123. The number of rotatable bonds is 5. The van der Waals surface area contributed by atoms with Crippen molar-refractivity contribution < 1.29 is 23.9 Å². The first kappa shape index (κ1) is 23.8. The maximum Gasteiger partial charge on any atom is 0.268 e. The van der Waals surface area contributed by atoms with E-state index in [0.717, 1.165) is 10.5 Å². The van der Waals surface area contributed by atoms with Gasteiger partial charge in [0.05, 0.1) is 31.9 Å². The Bertz CT molecular complexity index is 1360. The van der Waals surface area contributed by atoms with E-state index in [0.29, 0.717) is 27.6 Å². The summed E-state index contributed by atoms with van der Waals surface area (Å²) in [5.74, 6) is -1.46. The molecule has 2 fully saturated rings. The van der Waals surface area contributed by atoms with Crippen molar-refractivity contribution in [2.75, 3.05) is 19.1 Å². The summed E-state index contributed by atoms with van der Waals surface area (Å²) in [7, 11) is 2.98. The fourth-order valence-corrected chi connectivity index (χ4v) is 5.03. The molecule has 2 aliphatic heterocycles. The Morgan fingerprint density at radius 3 is 2.31 bits per heavy atom. The minimum atomic E-state index is -1.08. The molecule has 5 rings (SSSR count). The van der Waals surface area contributed by atoms with Crippen LogP contribution in [0.5, 0.6) is 11.5 Å². The first-order chi connectivity index (χ1) is 17.3. The maximum absolute atomic E-state index is 13.9. The molecule has 2 aliphatic rings. The van der Waals surface area contributed by atoms with Crippen LogP contribution in [-0.2, 0) is 9.59 Å². The molecule has 3 aromatic rings. The van der Waals surface area contributed by atoms with Gasteiger partial charge < -0.3 is 9.47 Å². The molecule has 0 aromatic heterocycles. The molecule has 0 saturated carbocycles. The topological polar surface area (TPSA) is 88.2 Å². The minimum absolute atomic E-state index is 0.232. The average molecular weight is 506 g/mol. The lowest BCUT2D eigenvalue weighted by atomic mass is 9.90. The number of methoxy groups -OCH3 is 2. The number of hydrazine groups is 1. The molecule has 1 N–H and O–H groups in total. The number of carbonyl (C=O) groups is 3. The molecule has 36 heavy (non-hydrogen) atoms. The van der Waals surface area contributed by atoms with E-state index in [4.69, 9.17) is 21.1 Å². The highest BCUT2D eigenvalue weighted by Gasteiger charge is 2.61. The Morgan fingerprint density at radius 1 is 0.917 bits per heavy atom. The SMILES string of the molecule is COc1ccccc1[C@@H]1NN(C(=O)c2ccc(C)cc2)[C@@H]2C(=O)N(c3cc(Cl)ccc3OC)C(=O)[C@@H]21. The molecule has 2 heterocycles. The van der Waals surface area contributed by atoms with E-state index in [9.17, 15) is 14.4 Å². The molecular formula is C27H24ClN3O5. The van der Waals surface area contributed by atoms with Crippen LogP contribution in [0.2, 0.25) is 5.02 Å². The van der Waals surface area contributed by atoms with Crippen LogP contribution in [0, 0.1) is 12.8 Å². The molecular weight excluding hydrogens is 482 g/mol. The van der Waals surface area contributed by atoms with Gasteiger partial charge in [-0.15, -0.1) is 0 Å². The zero-order valence-electron chi connectivity index (χ0n) is 19.9. The van der Waals surface area contributed by atoms with Crippen LogP contribution < -0.4 is 19.8 Å². The number of hydrogen-bond acceptors (Lipinski definition) is 6. The second kappa shape index (κ2) is 9.29. The second-order valence-electron chi connectivity index (χ2n) is 8.69. The Labute approximate surface area is 213 Å². The van der Waals surface area contributed by atoms with Crippen molar-refractivity contribution in [2.24, 2.45) is 5.92 Å². The highest BCUT2D eigenvalue weighted by atomic mass is 35.5. The smallest absolute Gasteiger partial charge is 0.268 e. The summed E-state index contributed by atoms with van der Waals surface area (Å²) < 4.78 is 10.9. The molecule has 0 aliphatic carbocycles. The summed E-state index contributed by atoms with van der Waals surface area (Å²) in [4.78, 5) is 42.4. The van der Waals surface area contributed by atoms with Crippen molar-refractivity contribution in [1.29, 1.82) is 0 Å². The van der Waals surface area contributed by atoms with Crippen LogP contribution >= 0.6 is 11.6 Å². The number of anilines is 1. The van der Waals surface area contributed by atoms with Gasteiger partial charge in [-0.2, -0.15) is 0 Å². The van der Waals surface area contributed by atoms with Crippen molar-refractivity contribution in [3.8, 4) is 11.5 Å². The lowest BCUT2D eigenvalue weighted by Gasteiger charge is -2.26. The van der Waals surface area contributed by atoms with Gasteiger partial charge in [-0.05, 0) is 43.3 Å². The molecule has 3 amide bonds. The Morgan fingerprint density at radius 2 is 1.61 bits per heavy atom. The van der Waals surface area contributed by atoms with E-state index in [1.165, 1.54) is 25.3 Å². The average Bonchev–Trinajstić information content (AvgIpc) is 3.40.